The molecule has 4 aromatic rings. The van der Waals surface area contributed by atoms with Gasteiger partial charge in [-0.1, -0.05) is 30.3 Å². The van der Waals surface area contributed by atoms with Gasteiger partial charge in [-0.2, -0.15) is 15.0 Å². The van der Waals surface area contributed by atoms with Crippen LogP contribution in [0.4, 0.5) is 5.69 Å². The minimum Gasteiger partial charge on any atom is -0.462 e. The monoisotopic (exact) mass is 542 g/mol. The number of hydrogen-bond acceptors (Lipinski definition) is 9. The van der Waals surface area contributed by atoms with E-state index in [4.69, 9.17) is 15.2 Å². The largest absolute Gasteiger partial charge is 0.462 e. The Kier molecular flexibility index (Phi) is 7.17. The van der Waals surface area contributed by atoms with E-state index in [-0.39, 0.29) is 51.5 Å². The zero-order valence-corrected chi connectivity index (χ0v) is 22.4. The standard InChI is InChI=1S/C29H26N4O5S/c1-3-37-28(35)23-17-12-8-9-13-21(17)39-27(23)33-26(34)22-19(25(32-33)29(36)38-4-2)14-18(20(15-30)24(22)31)16-10-6-5-7-11-16/h5-7,10-11,14H,3-4,8-9,12-13,31H2,1-2H3. The van der Waals surface area contributed by atoms with Gasteiger partial charge in [-0.25, -0.2) is 9.59 Å². The van der Waals surface area contributed by atoms with Crippen molar-refractivity contribution >= 4 is 39.7 Å². The predicted molar refractivity (Wildman–Crippen MR) is 148 cm³/mol. The second-order valence-corrected chi connectivity index (χ2v) is 10.1. The first-order valence-electron chi connectivity index (χ1n) is 12.7. The summed E-state index contributed by atoms with van der Waals surface area (Å²) < 4.78 is 11.7. The number of ether oxygens (including phenoxy) is 2. The lowest BCUT2D eigenvalue weighted by atomic mass is 9.94. The van der Waals surface area contributed by atoms with Gasteiger partial charge in [-0.05, 0) is 56.7 Å². The molecule has 2 heterocycles. The molecule has 0 bridgehead atoms. The highest BCUT2D eigenvalue weighted by molar-refractivity contribution is 7.15. The minimum atomic E-state index is -0.752. The molecule has 2 aromatic carbocycles. The van der Waals surface area contributed by atoms with Crippen LogP contribution in [0.15, 0.2) is 41.2 Å². The molecule has 5 rings (SSSR count). The van der Waals surface area contributed by atoms with Gasteiger partial charge in [0.05, 0.1) is 35.4 Å². The maximum atomic E-state index is 14.1. The van der Waals surface area contributed by atoms with Gasteiger partial charge < -0.3 is 15.2 Å². The molecule has 0 unspecified atom stereocenters. The van der Waals surface area contributed by atoms with Gasteiger partial charge in [0.25, 0.3) is 5.56 Å². The van der Waals surface area contributed by atoms with E-state index < -0.39 is 17.5 Å². The van der Waals surface area contributed by atoms with Gasteiger partial charge in [0.1, 0.15) is 11.1 Å². The van der Waals surface area contributed by atoms with Crippen molar-refractivity contribution in [3.63, 3.8) is 0 Å². The first kappa shape index (κ1) is 26.1. The van der Waals surface area contributed by atoms with Crippen LogP contribution >= 0.6 is 11.3 Å². The number of aromatic nitrogens is 2. The molecule has 198 valence electrons. The van der Waals surface area contributed by atoms with Crippen LogP contribution in [0.5, 0.6) is 0 Å². The molecule has 39 heavy (non-hydrogen) atoms. The van der Waals surface area contributed by atoms with E-state index in [1.807, 2.05) is 30.3 Å². The number of thiophene rings is 1. The Labute approximate surface area is 228 Å². The molecule has 0 spiro atoms. The number of aryl methyl sites for hydroxylation is 1. The predicted octanol–water partition coefficient (Wildman–Crippen LogP) is 4.80. The van der Waals surface area contributed by atoms with Crippen molar-refractivity contribution in [1.82, 2.24) is 9.78 Å². The summed E-state index contributed by atoms with van der Waals surface area (Å²) in [5, 5.41) is 14.9. The average Bonchev–Trinajstić information content (AvgIpc) is 3.33. The van der Waals surface area contributed by atoms with E-state index in [1.54, 1.807) is 19.9 Å². The molecular weight excluding hydrogens is 516 g/mol. The first-order valence-corrected chi connectivity index (χ1v) is 13.6. The third-order valence-electron chi connectivity index (χ3n) is 6.72. The fourth-order valence-corrected chi connectivity index (χ4v) is 6.32. The van der Waals surface area contributed by atoms with E-state index >= 15 is 0 Å². The fraction of sp³-hybridized carbons (Fsp3) is 0.276. The van der Waals surface area contributed by atoms with Crippen molar-refractivity contribution in [2.45, 2.75) is 39.5 Å². The van der Waals surface area contributed by atoms with Crippen LogP contribution in [0.25, 0.3) is 26.9 Å². The number of esters is 2. The summed E-state index contributed by atoms with van der Waals surface area (Å²) in [5.74, 6) is -1.30. The maximum absolute atomic E-state index is 14.1. The number of nitrogens with two attached hydrogens (primary N) is 1. The number of fused-ring (bicyclic) bond motifs is 2. The Hall–Kier alpha value is -4.49. The molecule has 0 atom stereocenters. The number of benzene rings is 2. The summed E-state index contributed by atoms with van der Waals surface area (Å²) in [5.41, 5.74) is 8.03. The Morgan fingerprint density at radius 2 is 1.79 bits per heavy atom. The zero-order valence-electron chi connectivity index (χ0n) is 21.6. The number of nitriles is 1. The maximum Gasteiger partial charge on any atom is 0.359 e. The number of nitrogen functional groups attached to an aromatic ring is 1. The second-order valence-electron chi connectivity index (χ2n) is 9.01. The molecule has 9 nitrogen and oxygen atoms in total. The van der Waals surface area contributed by atoms with Gasteiger partial charge in [0, 0.05) is 15.8 Å². The highest BCUT2D eigenvalue weighted by atomic mass is 32.1. The third-order valence-corrected chi connectivity index (χ3v) is 7.98. The molecule has 1 aliphatic carbocycles. The summed E-state index contributed by atoms with van der Waals surface area (Å²) in [7, 11) is 0. The normalized spacial score (nSPS) is 12.5. The Morgan fingerprint density at radius 3 is 2.49 bits per heavy atom. The second kappa shape index (κ2) is 10.7. The summed E-state index contributed by atoms with van der Waals surface area (Å²) >= 11 is 1.28. The molecule has 2 aromatic heterocycles. The van der Waals surface area contributed by atoms with Gasteiger partial charge in [0.2, 0.25) is 0 Å². The van der Waals surface area contributed by atoms with E-state index in [0.29, 0.717) is 17.5 Å². The SMILES string of the molecule is CCOC(=O)c1c(-n2nc(C(=O)OCC)c3cc(-c4ccccc4)c(C#N)c(N)c3c2=O)sc2c1CCCC2. The van der Waals surface area contributed by atoms with Crippen molar-refractivity contribution in [1.29, 1.82) is 5.26 Å². The van der Waals surface area contributed by atoms with Crippen molar-refractivity contribution in [3.8, 4) is 22.2 Å². The Bertz CT molecular complexity index is 1720. The number of carbonyl (C=O) groups is 2. The molecular formula is C29H26N4O5S. The van der Waals surface area contributed by atoms with Crippen molar-refractivity contribution in [3.05, 3.63) is 74.0 Å². The molecule has 10 heteroatoms. The number of anilines is 1. The summed E-state index contributed by atoms with van der Waals surface area (Å²) in [4.78, 5) is 41.3. The van der Waals surface area contributed by atoms with E-state index in [1.165, 1.54) is 11.3 Å². The number of hydrogen-bond donors (Lipinski definition) is 1. The molecule has 0 amide bonds. The minimum absolute atomic E-state index is 0.0366. The average molecular weight is 543 g/mol. The quantitative estimate of drug-likeness (QED) is 0.271. The third kappa shape index (κ3) is 4.45. The van der Waals surface area contributed by atoms with Crippen LogP contribution in [-0.4, -0.2) is 34.9 Å². The van der Waals surface area contributed by atoms with E-state index in [9.17, 15) is 19.6 Å². The molecule has 2 N–H and O–H groups in total. The lowest BCUT2D eigenvalue weighted by Gasteiger charge is -2.15. The van der Waals surface area contributed by atoms with Crippen LogP contribution in [0.3, 0.4) is 0 Å². The number of rotatable bonds is 6. The smallest absolute Gasteiger partial charge is 0.359 e. The van der Waals surface area contributed by atoms with Crippen LogP contribution in [0.2, 0.25) is 0 Å². The van der Waals surface area contributed by atoms with Crippen LogP contribution in [-0.2, 0) is 22.3 Å². The molecule has 0 saturated carbocycles. The summed E-state index contributed by atoms with van der Waals surface area (Å²) in [6, 6.07) is 12.8. The lowest BCUT2D eigenvalue weighted by Crippen LogP contribution is -2.27. The first-order chi connectivity index (χ1) is 18.9. The van der Waals surface area contributed by atoms with Crippen molar-refractivity contribution < 1.29 is 19.1 Å². The molecule has 0 fully saturated rings. The summed E-state index contributed by atoms with van der Waals surface area (Å²) in [6.07, 6.45) is 3.31. The van der Waals surface area contributed by atoms with Crippen molar-refractivity contribution in [2.24, 2.45) is 0 Å². The molecule has 0 radical (unpaired) electrons. The van der Waals surface area contributed by atoms with Crippen LogP contribution in [0.1, 0.15) is 63.5 Å². The lowest BCUT2D eigenvalue weighted by molar-refractivity contribution is 0.0515. The highest BCUT2D eigenvalue weighted by Crippen LogP contribution is 2.38. The number of nitrogens with zero attached hydrogens (tertiary/aromatic N) is 3. The van der Waals surface area contributed by atoms with Crippen molar-refractivity contribution in [2.75, 3.05) is 18.9 Å². The van der Waals surface area contributed by atoms with Gasteiger partial charge in [-0.15, -0.1) is 11.3 Å². The molecule has 0 saturated heterocycles. The zero-order chi connectivity index (χ0) is 27.7. The summed E-state index contributed by atoms with van der Waals surface area (Å²) in [6.45, 7) is 3.63. The Balaban J connectivity index is 1.89. The number of carbonyl (C=O) groups excluding carboxylic acids is 2. The Morgan fingerprint density at radius 1 is 1.10 bits per heavy atom. The van der Waals surface area contributed by atoms with Gasteiger partial charge >= 0.3 is 11.9 Å². The molecule has 0 aliphatic heterocycles. The van der Waals surface area contributed by atoms with Crippen LogP contribution < -0.4 is 11.3 Å². The topological polar surface area (TPSA) is 137 Å². The van der Waals surface area contributed by atoms with Gasteiger partial charge in [-0.3, -0.25) is 4.79 Å². The van der Waals surface area contributed by atoms with Crippen LogP contribution in [0, 0.1) is 11.3 Å². The molecule has 1 aliphatic rings. The highest BCUT2D eigenvalue weighted by Gasteiger charge is 2.31. The van der Waals surface area contributed by atoms with Gasteiger partial charge in [0.15, 0.2) is 5.69 Å². The fourth-order valence-electron chi connectivity index (χ4n) is 4.99. The van der Waals surface area contributed by atoms with E-state index in [0.717, 1.165) is 34.4 Å². The van der Waals surface area contributed by atoms with E-state index in [2.05, 4.69) is 11.2 Å².